The highest BCUT2D eigenvalue weighted by Gasteiger charge is 1.87. The van der Waals surface area contributed by atoms with Gasteiger partial charge in [0.15, 0.2) is 0 Å². The fourth-order valence-electron chi connectivity index (χ4n) is 0.328. The smallest absolute Gasteiger partial charge is 0.329 e. The summed E-state index contributed by atoms with van der Waals surface area (Å²) < 4.78 is 4.20. The van der Waals surface area contributed by atoms with Crippen molar-refractivity contribution in [1.82, 2.24) is 0 Å². The Hall–Kier alpha value is -0.610. The number of carboxylic acid groups (broad SMARTS) is 1. The van der Waals surface area contributed by atoms with E-state index in [1.807, 2.05) is 0 Å². The molecule has 4 nitrogen and oxygen atoms in total. The van der Waals surface area contributed by atoms with Crippen LogP contribution in [-0.2, 0) is 9.53 Å². The summed E-state index contributed by atoms with van der Waals surface area (Å²) in [6.45, 7) is 2.77. The Bertz CT molecular complexity index is 83.8. The maximum atomic E-state index is 9.47. The summed E-state index contributed by atoms with van der Waals surface area (Å²) in [5.41, 5.74) is 5.14. The van der Waals surface area contributed by atoms with Crippen LogP contribution in [-0.4, -0.2) is 31.3 Å². The van der Waals surface area contributed by atoms with Crippen LogP contribution in [0.4, 0.5) is 0 Å². The van der Waals surface area contributed by atoms with Crippen LogP contribution in [0.2, 0.25) is 0 Å². The molecule has 0 aromatic rings. The third-order valence-corrected chi connectivity index (χ3v) is 0.825. The van der Waals surface area contributed by atoms with Gasteiger partial charge in [0, 0.05) is 7.11 Å². The van der Waals surface area contributed by atoms with E-state index in [-0.39, 0.29) is 6.61 Å². The van der Waals surface area contributed by atoms with Crippen LogP contribution < -0.4 is 5.73 Å². The number of hydrogen-bond acceptors (Lipinski definition) is 3. The van der Waals surface area contributed by atoms with E-state index in [4.69, 9.17) is 10.8 Å². The summed E-state index contributed by atoms with van der Waals surface area (Å²) >= 11 is 0. The van der Waals surface area contributed by atoms with Gasteiger partial charge in [-0.1, -0.05) is 13.3 Å². The molecule has 0 spiro atoms. The number of carbonyl (C=O) groups is 1. The van der Waals surface area contributed by atoms with Crippen LogP contribution in [0.5, 0.6) is 0 Å². The minimum Gasteiger partial charge on any atom is -0.480 e. The summed E-state index contributed by atoms with van der Waals surface area (Å²) in [5, 5.41) is 7.79. The van der Waals surface area contributed by atoms with E-state index in [9.17, 15) is 4.79 Å². The number of methoxy groups -OCH3 is 1. The summed E-state index contributed by atoms with van der Waals surface area (Å²) in [6.07, 6.45) is 2.39. The van der Waals surface area contributed by atoms with Crippen LogP contribution in [0, 0.1) is 0 Å². The average Bonchev–Trinajstić information content (AvgIpc) is 1.90. The normalized spacial score (nSPS) is 8.27. The van der Waals surface area contributed by atoms with Gasteiger partial charge in [-0.2, -0.15) is 0 Å². The molecule has 0 amide bonds. The first-order valence-corrected chi connectivity index (χ1v) is 3.59. The minimum atomic E-state index is -0.933. The molecule has 0 atom stereocenters. The van der Waals surface area contributed by atoms with E-state index >= 15 is 0 Å². The molecule has 68 valence electrons. The van der Waals surface area contributed by atoms with Crippen LogP contribution in [0.1, 0.15) is 19.8 Å². The second-order valence-electron chi connectivity index (χ2n) is 1.97. The predicted molar refractivity (Wildman–Crippen MR) is 43.5 cm³/mol. The van der Waals surface area contributed by atoms with E-state index < -0.39 is 5.97 Å². The lowest BCUT2D eigenvalue weighted by Gasteiger charge is -1.83. The molecule has 0 aliphatic heterocycles. The van der Waals surface area contributed by atoms with Crippen molar-refractivity contribution in [2.45, 2.75) is 19.8 Å². The zero-order chi connectivity index (χ0) is 9.11. The van der Waals surface area contributed by atoms with Gasteiger partial charge >= 0.3 is 5.97 Å². The van der Waals surface area contributed by atoms with Crippen LogP contribution in [0.3, 0.4) is 0 Å². The highest BCUT2D eigenvalue weighted by molar-refractivity contribution is 5.67. The van der Waals surface area contributed by atoms with Gasteiger partial charge in [-0.05, 0) is 13.0 Å². The van der Waals surface area contributed by atoms with Crippen molar-refractivity contribution in [3.63, 3.8) is 0 Å². The molecule has 3 N–H and O–H groups in total. The molecular formula is C7H17NO3. The third-order valence-electron chi connectivity index (χ3n) is 0.825. The van der Waals surface area contributed by atoms with E-state index in [0.717, 1.165) is 6.54 Å². The van der Waals surface area contributed by atoms with Crippen molar-refractivity contribution in [2.24, 2.45) is 5.73 Å². The lowest BCUT2D eigenvalue weighted by Crippen LogP contribution is -2.02. The quantitative estimate of drug-likeness (QED) is 0.631. The van der Waals surface area contributed by atoms with Crippen LogP contribution in [0.15, 0.2) is 0 Å². The molecule has 0 heterocycles. The maximum absolute atomic E-state index is 9.47. The minimum absolute atomic E-state index is 0.208. The molecule has 0 aliphatic rings. The van der Waals surface area contributed by atoms with Gasteiger partial charge in [-0.3, -0.25) is 0 Å². The van der Waals surface area contributed by atoms with Crippen molar-refractivity contribution in [1.29, 1.82) is 0 Å². The second kappa shape index (κ2) is 12.1. The molecule has 0 aromatic carbocycles. The molecule has 11 heavy (non-hydrogen) atoms. The standard InChI is InChI=1S/C4H11N.C3H6O3/c1-2-3-4-5;1-6-2-3(4)5/h2-5H2,1H3;2H2,1H3,(H,4,5). The average molecular weight is 163 g/mol. The molecule has 0 fully saturated rings. The van der Waals surface area contributed by atoms with Crippen LogP contribution in [0.25, 0.3) is 0 Å². The monoisotopic (exact) mass is 163 g/mol. The number of hydrogen-bond donors (Lipinski definition) is 2. The second-order valence-corrected chi connectivity index (χ2v) is 1.97. The number of nitrogens with two attached hydrogens (primary N) is 1. The summed E-state index contributed by atoms with van der Waals surface area (Å²) in [5.74, 6) is -0.933. The van der Waals surface area contributed by atoms with Gasteiger partial charge in [0.25, 0.3) is 0 Å². The van der Waals surface area contributed by atoms with Gasteiger partial charge < -0.3 is 15.6 Å². The van der Waals surface area contributed by atoms with Crippen molar-refractivity contribution in [2.75, 3.05) is 20.3 Å². The van der Waals surface area contributed by atoms with Crippen molar-refractivity contribution < 1.29 is 14.6 Å². The summed E-state index contributed by atoms with van der Waals surface area (Å²) in [6, 6.07) is 0. The van der Waals surface area contributed by atoms with Gasteiger partial charge in [-0.25, -0.2) is 4.79 Å². The highest BCUT2D eigenvalue weighted by atomic mass is 16.5. The Morgan fingerprint density at radius 2 is 2.18 bits per heavy atom. The topological polar surface area (TPSA) is 72.5 Å². The highest BCUT2D eigenvalue weighted by Crippen LogP contribution is 1.77. The number of rotatable bonds is 4. The number of carboxylic acids is 1. The fourth-order valence-corrected chi connectivity index (χ4v) is 0.328. The Morgan fingerprint density at radius 1 is 1.64 bits per heavy atom. The zero-order valence-corrected chi connectivity index (χ0v) is 7.17. The van der Waals surface area contributed by atoms with E-state index in [1.165, 1.54) is 20.0 Å². The van der Waals surface area contributed by atoms with Crippen molar-refractivity contribution >= 4 is 5.97 Å². The van der Waals surface area contributed by atoms with Crippen LogP contribution >= 0.6 is 0 Å². The van der Waals surface area contributed by atoms with Gasteiger partial charge in [0.1, 0.15) is 6.61 Å². The number of unbranched alkanes of at least 4 members (excludes halogenated alkanes) is 1. The molecule has 0 saturated heterocycles. The van der Waals surface area contributed by atoms with E-state index in [1.54, 1.807) is 0 Å². The Balaban J connectivity index is 0. The molecule has 0 aliphatic carbocycles. The SMILES string of the molecule is CCCCN.COCC(=O)O. The molecule has 4 heteroatoms. The molecule has 0 rings (SSSR count). The lowest BCUT2D eigenvalue weighted by atomic mass is 10.3. The Morgan fingerprint density at radius 3 is 2.18 bits per heavy atom. The molecule has 0 unspecified atom stereocenters. The van der Waals surface area contributed by atoms with E-state index in [2.05, 4.69) is 11.7 Å². The molecular weight excluding hydrogens is 146 g/mol. The number of aliphatic carboxylic acids is 1. The predicted octanol–water partition coefficient (Wildman–Crippen LogP) is 0.463. The molecule has 0 aromatic heterocycles. The third kappa shape index (κ3) is 26.6. The molecule has 0 saturated carbocycles. The first kappa shape index (κ1) is 13.0. The first-order chi connectivity index (χ1) is 5.18. The number of ether oxygens (including phenoxy) is 1. The van der Waals surface area contributed by atoms with Gasteiger partial charge in [0.2, 0.25) is 0 Å². The lowest BCUT2D eigenvalue weighted by molar-refractivity contribution is -0.141. The molecule has 0 radical (unpaired) electrons. The molecule has 0 bridgehead atoms. The van der Waals surface area contributed by atoms with Crippen molar-refractivity contribution in [3.8, 4) is 0 Å². The van der Waals surface area contributed by atoms with Crippen molar-refractivity contribution in [3.05, 3.63) is 0 Å². The van der Waals surface area contributed by atoms with E-state index in [0.29, 0.717) is 0 Å². The summed E-state index contributed by atoms with van der Waals surface area (Å²) in [7, 11) is 1.34. The Kier molecular flexibility index (Phi) is 14.3. The fraction of sp³-hybridized carbons (Fsp3) is 0.857. The van der Waals surface area contributed by atoms with Gasteiger partial charge in [0.05, 0.1) is 0 Å². The van der Waals surface area contributed by atoms with Gasteiger partial charge in [-0.15, -0.1) is 0 Å². The Labute approximate surface area is 67.3 Å². The largest absolute Gasteiger partial charge is 0.480 e. The zero-order valence-electron chi connectivity index (χ0n) is 7.17. The first-order valence-electron chi connectivity index (χ1n) is 3.59. The maximum Gasteiger partial charge on any atom is 0.329 e. The summed E-state index contributed by atoms with van der Waals surface area (Å²) in [4.78, 5) is 9.47.